The zero-order valence-electron chi connectivity index (χ0n) is 8.56. The zero-order valence-corrected chi connectivity index (χ0v) is 10.7. The molecule has 2 heterocycles. The Kier molecular flexibility index (Phi) is 2.54. The van der Waals surface area contributed by atoms with E-state index in [1.807, 2.05) is 12.4 Å². The highest BCUT2D eigenvalue weighted by Gasteiger charge is 2.38. The summed E-state index contributed by atoms with van der Waals surface area (Å²) in [5.41, 5.74) is 0. The highest BCUT2D eigenvalue weighted by atomic mass is 127. The lowest BCUT2D eigenvalue weighted by molar-refractivity contribution is 0.539. The smallest absolute Gasteiger partial charge is 0.225 e. The van der Waals surface area contributed by atoms with Gasteiger partial charge in [-0.15, -0.1) is 0 Å². The number of rotatable bonds is 1. The fourth-order valence-electron chi connectivity index (χ4n) is 2.94. The average molecular weight is 315 g/mol. The van der Waals surface area contributed by atoms with Gasteiger partial charge < -0.3 is 4.90 Å². The fourth-order valence-corrected chi connectivity index (χ4v) is 3.22. The van der Waals surface area contributed by atoms with E-state index in [-0.39, 0.29) is 0 Å². The van der Waals surface area contributed by atoms with Crippen LogP contribution in [0.1, 0.15) is 25.7 Å². The Hall–Kier alpha value is -0.390. The molecule has 3 nitrogen and oxygen atoms in total. The number of halogens is 1. The van der Waals surface area contributed by atoms with Crippen molar-refractivity contribution in [1.82, 2.24) is 9.97 Å². The molecule has 2 unspecified atom stereocenters. The van der Waals surface area contributed by atoms with E-state index < -0.39 is 0 Å². The zero-order chi connectivity index (χ0) is 10.3. The summed E-state index contributed by atoms with van der Waals surface area (Å²) >= 11 is 2.25. The first-order chi connectivity index (χ1) is 7.34. The highest BCUT2D eigenvalue weighted by molar-refractivity contribution is 14.1. The molecule has 0 aromatic carbocycles. The van der Waals surface area contributed by atoms with Gasteiger partial charge >= 0.3 is 0 Å². The van der Waals surface area contributed by atoms with Crippen LogP contribution in [0.5, 0.6) is 0 Å². The fraction of sp³-hybridized carbons (Fsp3) is 0.636. The molecule has 80 valence electrons. The molecule has 0 radical (unpaired) electrons. The quantitative estimate of drug-likeness (QED) is 0.746. The first-order valence-corrected chi connectivity index (χ1v) is 6.66. The van der Waals surface area contributed by atoms with E-state index >= 15 is 0 Å². The SMILES string of the molecule is Ic1cnc(N2CCC3CCCC32)nc1. The van der Waals surface area contributed by atoms with Crippen molar-refractivity contribution in [2.24, 2.45) is 5.92 Å². The van der Waals surface area contributed by atoms with Crippen LogP contribution < -0.4 is 4.90 Å². The predicted molar refractivity (Wildman–Crippen MR) is 67.8 cm³/mol. The maximum Gasteiger partial charge on any atom is 0.225 e. The molecule has 3 rings (SSSR count). The Morgan fingerprint density at radius 3 is 2.80 bits per heavy atom. The van der Waals surface area contributed by atoms with E-state index in [0.29, 0.717) is 0 Å². The van der Waals surface area contributed by atoms with Gasteiger partial charge in [0.2, 0.25) is 5.95 Å². The lowest BCUT2D eigenvalue weighted by Gasteiger charge is -2.23. The summed E-state index contributed by atoms with van der Waals surface area (Å²) < 4.78 is 1.11. The average Bonchev–Trinajstić information content (AvgIpc) is 2.80. The first kappa shape index (κ1) is 9.81. The Morgan fingerprint density at radius 2 is 2.00 bits per heavy atom. The molecule has 2 atom stereocenters. The molecular weight excluding hydrogens is 301 g/mol. The minimum atomic E-state index is 0.727. The molecule has 4 heteroatoms. The Balaban J connectivity index is 1.85. The van der Waals surface area contributed by atoms with Crippen LogP contribution in [0.2, 0.25) is 0 Å². The van der Waals surface area contributed by atoms with Gasteiger partial charge in [-0.3, -0.25) is 0 Å². The van der Waals surface area contributed by atoms with Crippen molar-refractivity contribution < 1.29 is 0 Å². The molecule has 0 bridgehead atoms. The molecular formula is C11H14IN3. The molecule has 0 amide bonds. The van der Waals surface area contributed by atoms with Gasteiger partial charge in [0, 0.05) is 28.6 Å². The van der Waals surface area contributed by atoms with Crippen LogP contribution in [0.15, 0.2) is 12.4 Å². The largest absolute Gasteiger partial charge is 0.338 e. The molecule has 15 heavy (non-hydrogen) atoms. The normalized spacial score (nSPS) is 29.5. The van der Waals surface area contributed by atoms with Gasteiger partial charge in [-0.1, -0.05) is 6.42 Å². The summed E-state index contributed by atoms with van der Waals surface area (Å²) in [5.74, 6) is 1.85. The van der Waals surface area contributed by atoms with Crippen molar-refractivity contribution in [3.05, 3.63) is 16.0 Å². The minimum absolute atomic E-state index is 0.727. The lowest BCUT2D eigenvalue weighted by Crippen LogP contribution is -2.31. The van der Waals surface area contributed by atoms with Crippen LogP contribution in [0, 0.1) is 9.49 Å². The van der Waals surface area contributed by atoms with Gasteiger partial charge in [0.05, 0.1) is 0 Å². The van der Waals surface area contributed by atoms with Crippen molar-refractivity contribution >= 4 is 28.5 Å². The maximum atomic E-state index is 4.43. The van der Waals surface area contributed by atoms with Crippen LogP contribution in [-0.2, 0) is 0 Å². The summed E-state index contributed by atoms with van der Waals surface area (Å²) in [7, 11) is 0. The Bertz CT molecular complexity index is 351. The van der Waals surface area contributed by atoms with E-state index in [2.05, 4.69) is 37.5 Å². The molecule has 1 aliphatic carbocycles. The maximum absolute atomic E-state index is 4.43. The van der Waals surface area contributed by atoms with E-state index in [0.717, 1.165) is 28.0 Å². The monoisotopic (exact) mass is 315 g/mol. The summed E-state index contributed by atoms with van der Waals surface area (Å²) in [4.78, 5) is 11.3. The van der Waals surface area contributed by atoms with Gasteiger partial charge in [-0.25, -0.2) is 9.97 Å². The molecule has 0 N–H and O–H groups in total. The highest BCUT2D eigenvalue weighted by Crippen LogP contribution is 2.38. The number of nitrogens with zero attached hydrogens (tertiary/aromatic N) is 3. The summed E-state index contributed by atoms with van der Waals surface area (Å²) in [6.45, 7) is 1.15. The second kappa shape index (κ2) is 3.88. The van der Waals surface area contributed by atoms with Crippen molar-refractivity contribution in [1.29, 1.82) is 0 Å². The summed E-state index contributed by atoms with van der Waals surface area (Å²) in [6, 6.07) is 0.727. The molecule has 2 fully saturated rings. The minimum Gasteiger partial charge on any atom is -0.338 e. The van der Waals surface area contributed by atoms with Crippen LogP contribution >= 0.6 is 22.6 Å². The molecule has 1 aliphatic heterocycles. The van der Waals surface area contributed by atoms with Gasteiger partial charge in [-0.2, -0.15) is 0 Å². The molecule has 1 aromatic rings. The third kappa shape index (κ3) is 1.73. The lowest BCUT2D eigenvalue weighted by atomic mass is 10.1. The first-order valence-electron chi connectivity index (χ1n) is 5.59. The standard InChI is InChI=1S/C11H14IN3/c12-9-6-13-11(14-7-9)15-5-4-8-2-1-3-10(8)15/h6-8,10H,1-5H2. The number of hydrogen-bond donors (Lipinski definition) is 0. The van der Waals surface area contributed by atoms with Gasteiger partial charge in [0.15, 0.2) is 0 Å². The predicted octanol–water partition coefficient (Wildman–Crippen LogP) is 2.46. The molecule has 1 aromatic heterocycles. The third-order valence-corrected chi connectivity index (χ3v) is 4.18. The van der Waals surface area contributed by atoms with Crippen molar-refractivity contribution in [3.8, 4) is 0 Å². The molecule has 1 saturated carbocycles. The summed E-state index contributed by atoms with van der Waals surface area (Å²) in [6.07, 6.45) is 9.28. The van der Waals surface area contributed by atoms with Crippen molar-refractivity contribution in [2.45, 2.75) is 31.7 Å². The van der Waals surface area contributed by atoms with Gasteiger partial charge in [0.1, 0.15) is 0 Å². The number of anilines is 1. The van der Waals surface area contributed by atoms with Crippen LogP contribution in [0.4, 0.5) is 5.95 Å². The molecule has 1 saturated heterocycles. The second-order valence-corrected chi connectivity index (χ2v) is 5.69. The van der Waals surface area contributed by atoms with Crippen molar-refractivity contribution in [3.63, 3.8) is 0 Å². The van der Waals surface area contributed by atoms with Crippen LogP contribution in [0.3, 0.4) is 0 Å². The number of aromatic nitrogens is 2. The third-order valence-electron chi connectivity index (χ3n) is 3.62. The topological polar surface area (TPSA) is 29.0 Å². The second-order valence-electron chi connectivity index (χ2n) is 4.44. The van der Waals surface area contributed by atoms with E-state index in [4.69, 9.17) is 0 Å². The number of hydrogen-bond acceptors (Lipinski definition) is 3. The Morgan fingerprint density at radius 1 is 1.20 bits per heavy atom. The van der Waals surface area contributed by atoms with Crippen LogP contribution in [0.25, 0.3) is 0 Å². The van der Waals surface area contributed by atoms with E-state index in [1.165, 1.54) is 25.7 Å². The number of fused-ring (bicyclic) bond motifs is 1. The molecule has 2 aliphatic rings. The van der Waals surface area contributed by atoms with Crippen molar-refractivity contribution in [2.75, 3.05) is 11.4 Å². The Labute approximate surface area is 103 Å². The van der Waals surface area contributed by atoms with Gasteiger partial charge in [0.25, 0.3) is 0 Å². The van der Waals surface area contributed by atoms with Gasteiger partial charge in [-0.05, 0) is 47.8 Å². The van der Waals surface area contributed by atoms with E-state index in [9.17, 15) is 0 Å². The summed E-state index contributed by atoms with van der Waals surface area (Å²) in [5, 5.41) is 0. The van der Waals surface area contributed by atoms with E-state index in [1.54, 1.807) is 0 Å². The molecule has 0 spiro atoms. The van der Waals surface area contributed by atoms with Crippen LogP contribution in [-0.4, -0.2) is 22.6 Å².